The normalized spacial score (nSPS) is 16.6. The SMILES string of the molecule is C=CCOC(=O)NC(C(=O)NC(C)C(=O)Nc1ccc(COC(=O)Nc2cc(O[Si](C(C)C)(C(C)C)C(C)C)c(OC)cc2C(=O)N2CC3(CC3)C[C@H]2CO)cc1)C(C)C. The molecule has 5 amide bonds. The number of aliphatic hydroxyl groups is 1. The molecule has 1 aliphatic heterocycles. The van der Waals surface area contributed by atoms with Gasteiger partial charge in [0, 0.05) is 18.3 Å². The molecule has 0 radical (unpaired) electrons. The maximum absolute atomic E-state index is 14.3. The van der Waals surface area contributed by atoms with Crippen LogP contribution in [0.3, 0.4) is 0 Å². The number of hydrogen-bond donors (Lipinski definition) is 5. The summed E-state index contributed by atoms with van der Waals surface area (Å²) >= 11 is 0. The van der Waals surface area contributed by atoms with Crippen LogP contribution in [0.15, 0.2) is 49.1 Å². The number of nitrogens with zero attached hydrogens (tertiary/aromatic N) is 1. The summed E-state index contributed by atoms with van der Waals surface area (Å²) in [7, 11) is -0.976. The number of nitrogens with one attached hydrogen (secondary N) is 4. The molecule has 3 atom stereocenters. The van der Waals surface area contributed by atoms with E-state index in [-0.39, 0.29) is 71.0 Å². The molecule has 1 heterocycles. The quantitative estimate of drug-likeness (QED) is 0.0704. The van der Waals surface area contributed by atoms with E-state index in [1.54, 1.807) is 55.1 Å². The molecule has 16 heteroatoms. The van der Waals surface area contributed by atoms with Crippen LogP contribution < -0.4 is 30.4 Å². The third-order valence-electron chi connectivity index (χ3n) is 11.7. The number of carbonyl (C=O) groups excluding carboxylic acids is 5. The monoisotopic (exact) mass is 851 g/mol. The first kappa shape index (κ1) is 47.6. The van der Waals surface area contributed by atoms with Gasteiger partial charge in [-0.25, -0.2) is 9.59 Å². The fourth-order valence-corrected chi connectivity index (χ4v) is 13.6. The Bertz CT molecular complexity index is 1840. The van der Waals surface area contributed by atoms with E-state index < -0.39 is 44.4 Å². The number of aliphatic hydroxyl groups excluding tert-OH is 1. The number of likely N-dealkylation sites (tertiary alicyclic amines) is 1. The van der Waals surface area contributed by atoms with Gasteiger partial charge in [0.05, 0.1) is 31.0 Å². The van der Waals surface area contributed by atoms with E-state index in [2.05, 4.69) is 69.4 Å². The molecule has 2 aromatic rings. The molecule has 5 N–H and O–H groups in total. The van der Waals surface area contributed by atoms with Crippen molar-refractivity contribution in [3.8, 4) is 11.5 Å². The van der Waals surface area contributed by atoms with Crippen LogP contribution in [0, 0.1) is 11.3 Å². The van der Waals surface area contributed by atoms with Crippen LogP contribution in [0.4, 0.5) is 21.0 Å². The second kappa shape index (κ2) is 20.4. The van der Waals surface area contributed by atoms with Gasteiger partial charge in [-0.2, -0.15) is 0 Å². The standard InChI is InChI=1S/C44H65N5O10Si/c1-12-19-57-43(55)48-38(26(2)3)40(52)45-30(10)39(51)46-32-15-13-31(14-16-32)24-58-42(54)47-35-21-37(59-60(27(4)5,28(6)7)29(8)9)36(56-11)20-34(35)41(53)49-25-44(17-18-44)22-33(49)23-50/h12-16,20-21,26-30,33,38,50H,1,17-19,22-25H2,2-11H3,(H,45,52)(H,46,51)(H,47,54)(H,48,55)/t30?,33-,38?/m0/s1. The Morgan fingerprint density at radius 3 is 2.03 bits per heavy atom. The second-order valence-electron chi connectivity index (χ2n) is 17.3. The second-order valence-corrected chi connectivity index (χ2v) is 22.7. The highest BCUT2D eigenvalue weighted by Crippen LogP contribution is 2.55. The molecule has 330 valence electrons. The Kier molecular flexibility index (Phi) is 16.2. The van der Waals surface area contributed by atoms with E-state index in [0.717, 1.165) is 19.3 Å². The minimum atomic E-state index is -2.50. The lowest BCUT2D eigenvalue weighted by atomic mass is 10.0. The molecule has 2 fully saturated rings. The van der Waals surface area contributed by atoms with Crippen LogP contribution in [0.1, 0.15) is 97.5 Å². The molecule has 1 aliphatic carbocycles. The average Bonchev–Trinajstić information content (AvgIpc) is 3.86. The Morgan fingerprint density at radius 1 is 0.867 bits per heavy atom. The predicted molar refractivity (Wildman–Crippen MR) is 233 cm³/mol. The molecule has 2 unspecified atom stereocenters. The van der Waals surface area contributed by atoms with Gasteiger partial charge >= 0.3 is 12.2 Å². The van der Waals surface area contributed by atoms with Crippen molar-refractivity contribution in [2.45, 2.75) is 123 Å². The molecule has 1 spiro atoms. The zero-order valence-electron chi connectivity index (χ0n) is 36.8. The zero-order chi connectivity index (χ0) is 44.5. The van der Waals surface area contributed by atoms with E-state index in [0.29, 0.717) is 29.3 Å². The van der Waals surface area contributed by atoms with E-state index >= 15 is 0 Å². The van der Waals surface area contributed by atoms with Crippen molar-refractivity contribution in [3.05, 3.63) is 60.2 Å². The number of methoxy groups -OCH3 is 1. The third-order valence-corrected chi connectivity index (χ3v) is 17.7. The first-order valence-electron chi connectivity index (χ1n) is 20.8. The van der Waals surface area contributed by atoms with Gasteiger partial charge in [0.1, 0.15) is 31.0 Å². The molecule has 60 heavy (non-hydrogen) atoms. The van der Waals surface area contributed by atoms with Crippen molar-refractivity contribution in [2.24, 2.45) is 11.3 Å². The highest BCUT2D eigenvalue weighted by Gasteiger charge is 2.53. The van der Waals surface area contributed by atoms with Gasteiger partial charge in [0.25, 0.3) is 14.2 Å². The number of ether oxygens (including phenoxy) is 3. The molecule has 2 aliphatic rings. The molecule has 15 nitrogen and oxygen atoms in total. The molecule has 1 saturated carbocycles. The van der Waals surface area contributed by atoms with Crippen molar-refractivity contribution < 1.29 is 47.7 Å². The van der Waals surface area contributed by atoms with E-state index in [4.69, 9.17) is 18.6 Å². The number of carbonyl (C=O) groups is 5. The summed E-state index contributed by atoms with van der Waals surface area (Å²) in [6.07, 6.45) is 2.58. The Balaban J connectivity index is 1.47. The smallest absolute Gasteiger partial charge is 0.411 e. The Hall–Kier alpha value is -5.09. The highest BCUT2D eigenvalue weighted by atomic mass is 28.4. The van der Waals surface area contributed by atoms with Crippen LogP contribution in [-0.2, 0) is 25.7 Å². The maximum Gasteiger partial charge on any atom is 0.411 e. The van der Waals surface area contributed by atoms with Crippen LogP contribution in [0.2, 0.25) is 16.6 Å². The molecule has 2 aromatic carbocycles. The lowest BCUT2D eigenvalue weighted by Crippen LogP contribution is -2.53. The largest absolute Gasteiger partial charge is 0.540 e. The fourth-order valence-electron chi connectivity index (χ4n) is 8.32. The highest BCUT2D eigenvalue weighted by molar-refractivity contribution is 6.78. The molecule has 0 bridgehead atoms. The van der Waals surface area contributed by atoms with Crippen molar-refractivity contribution in [1.82, 2.24) is 15.5 Å². The summed E-state index contributed by atoms with van der Waals surface area (Å²) in [5.74, 6) is -0.839. The minimum Gasteiger partial charge on any atom is -0.540 e. The van der Waals surface area contributed by atoms with E-state index in [9.17, 15) is 29.1 Å². The van der Waals surface area contributed by atoms with Crippen molar-refractivity contribution in [1.29, 1.82) is 0 Å². The van der Waals surface area contributed by atoms with Crippen molar-refractivity contribution in [3.63, 3.8) is 0 Å². The van der Waals surface area contributed by atoms with E-state index in [1.165, 1.54) is 20.1 Å². The molecule has 1 saturated heterocycles. The van der Waals surface area contributed by atoms with Crippen LogP contribution in [0.5, 0.6) is 11.5 Å². The van der Waals surface area contributed by atoms with Crippen molar-refractivity contribution in [2.75, 3.05) is 37.5 Å². The molecular formula is C44H65N5O10Si. The van der Waals surface area contributed by atoms with Gasteiger partial charge < -0.3 is 44.6 Å². The van der Waals surface area contributed by atoms with Gasteiger partial charge in [-0.3, -0.25) is 19.7 Å². The number of rotatable bonds is 19. The van der Waals surface area contributed by atoms with Gasteiger partial charge in [-0.15, -0.1) is 0 Å². The van der Waals surface area contributed by atoms with Crippen molar-refractivity contribution >= 4 is 49.6 Å². The summed E-state index contributed by atoms with van der Waals surface area (Å²) < 4.78 is 23.4. The maximum atomic E-state index is 14.3. The van der Waals surface area contributed by atoms with E-state index in [1.807, 2.05) is 0 Å². The Morgan fingerprint density at radius 2 is 1.50 bits per heavy atom. The third kappa shape index (κ3) is 11.4. The number of amides is 5. The number of hydrogen-bond acceptors (Lipinski definition) is 10. The van der Waals surface area contributed by atoms with Gasteiger partial charge in [-0.05, 0) is 77.9 Å². The first-order chi connectivity index (χ1) is 28.3. The average molecular weight is 852 g/mol. The van der Waals surface area contributed by atoms with Crippen LogP contribution >= 0.6 is 0 Å². The fraction of sp³-hybridized carbons (Fsp3) is 0.568. The zero-order valence-corrected chi connectivity index (χ0v) is 37.8. The number of anilines is 2. The predicted octanol–water partition coefficient (Wildman–Crippen LogP) is 7.37. The summed E-state index contributed by atoms with van der Waals surface area (Å²) in [6.45, 7) is 21.8. The molecular weight excluding hydrogens is 787 g/mol. The van der Waals surface area contributed by atoms with Crippen LogP contribution in [-0.4, -0.2) is 93.2 Å². The lowest BCUT2D eigenvalue weighted by molar-refractivity contribution is -0.128. The topological polar surface area (TPSA) is 194 Å². The minimum absolute atomic E-state index is 0.0114. The summed E-state index contributed by atoms with van der Waals surface area (Å²) in [5.41, 5.74) is 2.22. The summed E-state index contributed by atoms with van der Waals surface area (Å²) in [6, 6.07) is 7.69. The summed E-state index contributed by atoms with van der Waals surface area (Å²) in [4.78, 5) is 67.4. The molecule has 4 rings (SSSR count). The number of benzene rings is 2. The van der Waals surface area contributed by atoms with Gasteiger partial charge in [-0.1, -0.05) is 80.2 Å². The van der Waals surface area contributed by atoms with Gasteiger partial charge in [0.2, 0.25) is 11.8 Å². The van der Waals surface area contributed by atoms with Gasteiger partial charge in [0.15, 0.2) is 5.75 Å². The first-order valence-corrected chi connectivity index (χ1v) is 23.0. The van der Waals surface area contributed by atoms with Crippen LogP contribution in [0.25, 0.3) is 0 Å². The Labute approximate surface area is 355 Å². The molecule has 0 aromatic heterocycles. The summed E-state index contributed by atoms with van der Waals surface area (Å²) in [5, 5.41) is 20.9. The number of alkyl carbamates (subject to hydrolysis) is 1. The lowest BCUT2D eigenvalue weighted by Gasteiger charge is -2.42.